The van der Waals surface area contributed by atoms with Crippen LogP contribution in [0.3, 0.4) is 0 Å². The van der Waals surface area contributed by atoms with Crippen LogP contribution in [0.25, 0.3) is 0 Å². The van der Waals surface area contributed by atoms with Crippen LogP contribution >= 0.6 is 0 Å². The van der Waals surface area contributed by atoms with Gasteiger partial charge in [0.15, 0.2) is 6.10 Å². The van der Waals surface area contributed by atoms with Crippen molar-refractivity contribution in [2.75, 3.05) is 0 Å². The predicted octanol–water partition coefficient (Wildman–Crippen LogP) is 4.67. The molecule has 0 radical (unpaired) electrons. The summed E-state index contributed by atoms with van der Waals surface area (Å²) in [5, 5.41) is 8.73. The maximum Gasteiger partial charge on any atom is 0.522 e. The molecule has 2 rings (SSSR count). The zero-order valence-corrected chi connectivity index (χ0v) is 14.6. The molecule has 1 atom stereocenters. The summed E-state index contributed by atoms with van der Waals surface area (Å²) >= 11 is 0. The monoisotopic (exact) mass is 418 g/mol. The van der Waals surface area contributed by atoms with Gasteiger partial charge >= 0.3 is 21.8 Å². The number of rotatable bonds is 1. The number of benzene rings is 2. The lowest BCUT2D eigenvalue weighted by molar-refractivity contribution is -0.206. The van der Waals surface area contributed by atoms with Gasteiger partial charge in [-0.15, -0.1) is 0 Å². The van der Waals surface area contributed by atoms with Gasteiger partial charge in [-0.25, -0.2) is 0 Å². The lowest BCUT2D eigenvalue weighted by atomic mass is 10.1. The van der Waals surface area contributed by atoms with Gasteiger partial charge in [0.05, 0.1) is 0 Å². The minimum atomic E-state index is -5.84. The minimum absolute atomic E-state index is 0.134. The third-order valence-electron chi connectivity index (χ3n) is 2.66. The van der Waals surface area contributed by atoms with Crippen LogP contribution in [-0.4, -0.2) is 29.8 Å². The summed E-state index contributed by atoms with van der Waals surface area (Å²) in [5.74, 6) is 0. The largest absolute Gasteiger partial charge is 0.522 e. The fraction of sp³-hybridized carbons (Fsp3) is 0.250. The predicted molar refractivity (Wildman–Crippen MR) is 86.2 cm³/mol. The molecule has 0 aliphatic heterocycles. The first-order valence-corrected chi connectivity index (χ1v) is 8.45. The number of hydrogen-bond acceptors (Lipinski definition) is 3. The summed E-state index contributed by atoms with van der Waals surface area (Å²) in [7, 11) is -5.84. The number of alkyl halides is 6. The molecule has 0 aromatic heterocycles. The third-order valence-corrected chi connectivity index (χ3v) is 3.24. The van der Waals surface area contributed by atoms with Gasteiger partial charge in [-0.3, -0.25) is 4.55 Å². The van der Waals surface area contributed by atoms with Gasteiger partial charge in [-0.2, -0.15) is 34.8 Å². The molecule has 0 aliphatic carbocycles. The molecular formula is C16H16F6O4S. The Morgan fingerprint density at radius 1 is 0.815 bits per heavy atom. The van der Waals surface area contributed by atoms with Gasteiger partial charge in [0.2, 0.25) is 0 Å². The van der Waals surface area contributed by atoms with Crippen LogP contribution < -0.4 is 0 Å². The topological polar surface area (TPSA) is 74.6 Å². The first-order valence-electron chi connectivity index (χ1n) is 7.01. The number of halogens is 6. The molecule has 0 spiro atoms. The van der Waals surface area contributed by atoms with Crippen molar-refractivity contribution >= 4 is 10.1 Å². The second-order valence-corrected chi connectivity index (χ2v) is 6.34. The van der Waals surface area contributed by atoms with Gasteiger partial charge in [0.25, 0.3) is 0 Å². The molecule has 0 amide bonds. The van der Waals surface area contributed by atoms with Gasteiger partial charge in [0.1, 0.15) is 0 Å². The molecule has 0 aliphatic rings. The van der Waals surface area contributed by atoms with Crippen molar-refractivity contribution in [3.63, 3.8) is 0 Å². The Morgan fingerprint density at radius 2 is 1.15 bits per heavy atom. The molecule has 0 heterocycles. The molecule has 27 heavy (non-hydrogen) atoms. The van der Waals surface area contributed by atoms with E-state index in [1.807, 2.05) is 18.2 Å². The van der Waals surface area contributed by atoms with Crippen molar-refractivity contribution in [2.24, 2.45) is 0 Å². The van der Waals surface area contributed by atoms with Crippen LogP contribution in [0, 0.1) is 6.92 Å². The van der Waals surface area contributed by atoms with Crippen LogP contribution in [0.15, 0.2) is 60.7 Å². The summed E-state index contributed by atoms with van der Waals surface area (Å²) in [6, 6.07) is 17.2. The van der Waals surface area contributed by atoms with Crippen LogP contribution in [0.2, 0.25) is 0 Å². The number of aryl methyl sites for hydroxylation is 1. The Bertz CT molecular complexity index is 759. The van der Waals surface area contributed by atoms with E-state index in [1.54, 1.807) is 6.07 Å². The number of hydrogen-bond donors (Lipinski definition) is 2. The number of aliphatic hydroxyl groups excluding tert-OH is 1. The lowest BCUT2D eigenvalue weighted by Gasteiger charge is -2.13. The van der Waals surface area contributed by atoms with E-state index in [9.17, 15) is 26.3 Å². The van der Waals surface area contributed by atoms with E-state index >= 15 is 0 Å². The molecule has 2 N–H and O–H groups in total. The molecule has 2 aromatic carbocycles. The Morgan fingerprint density at radius 3 is 1.37 bits per heavy atom. The van der Waals surface area contributed by atoms with Crippen molar-refractivity contribution in [1.82, 2.24) is 0 Å². The average molecular weight is 418 g/mol. The highest BCUT2D eigenvalue weighted by Gasteiger charge is 2.44. The molecule has 1 unspecified atom stereocenters. The van der Waals surface area contributed by atoms with Gasteiger partial charge in [-0.05, 0) is 12.5 Å². The van der Waals surface area contributed by atoms with Crippen LogP contribution in [0.5, 0.6) is 0 Å². The van der Waals surface area contributed by atoms with Crippen LogP contribution in [0.4, 0.5) is 26.3 Å². The smallest absolute Gasteiger partial charge is 0.379 e. The normalized spacial score (nSPS) is 12.8. The molecule has 2 aromatic rings. The fourth-order valence-corrected chi connectivity index (χ4v) is 1.36. The molecular weight excluding hydrogens is 402 g/mol. The summed E-state index contributed by atoms with van der Waals surface area (Å²) in [6.45, 7) is 2.08. The highest BCUT2D eigenvalue weighted by Crippen LogP contribution is 2.31. The molecule has 11 heteroatoms. The molecule has 0 saturated carbocycles. The molecule has 152 valence electrons. The standard InChI is InChI=1S/C8H7F3O.C7H8.CHF3O3S/c9-8(10,11)7(12)6-4-2-1-3-5-6;1-7-5-3-2-4-6-7;2-1(3,4)8(5,6)7/h1-5,7,12H;2-6H,1H3;(H,5,6,7). The Balaban J connectivity index is 0.000000395. The second-order valence-electron chi connectivity index (χ2n) is 4.93. The van der Waals surface area contributed by atoms with E-state index < -0.39 is 27.9 Å². The zero-order chi connectivity index (χ0) is 21.3. The average Bonchev–Trinajstić information content (AvgIpc) is 2.54. The van der Waals surface area contributed by atoms with Crippen molar-refractivity contribution in [2.45, 2.75) is 24.7 Å². The Kier molecular flexibility index (Phi) is 9.48. The van der Waals surface area contributed by atoms with E-state index in [-0.39, 0.29) is 5.56 Å². The van der Waals surface area contributed by atoms with Crippen molar-refractivity contribution < 1.29 is 44.4 Å². The molecule has 0 fully saturated rings. The molecule has 0 saturated heterocycles. The van der Waals surface area contributed by atoms with Gasteiger partial charge in [0, 0.05) is 0 Å². The SMILES string of the molecule is Cc1ccccc1.O=S(=O)(O)C(F)(F)F.OC(c1ccccc1)C(F)(F)F. The first kappa shape index (κ1) is 24.9. The third kappa shape index (κ3) is 10.6. The van der Waals surface area contributed by atoms with Crippen LogP contribution in [0.1, 0.15) is 17.2 Å². The van der Waals surface area contributed by atoms with E-state index in [1.165, 1.54) is 29.8 Å². The zero-order valence-electron chi connectivity index (χ0n) is 13.7. The quantitative estimate of drug-likeness (QED) is 0.401. The summed E-state index contributed by atoms with van der Waals surface area (Å²) in [4.78, 5) is 0. The second kappa shape index (κ2) is 10.3. The van der Waals surface area contributed by atoms with Gasteiger partial charge in [-0.1, -0.05) is 66.2 Å². The highest BCUT2D eigenvalue weighted by atomic mass is 32.2. The van der Waals surface area contributed by atoms with Gasteiger partial charge < -0.3 is 5.11 Å². The Labute approximate surface area is 151 Å². The summed E-state index contributed by atoms with van der Waals surface area (Å²) in [6.07, 6.45) is -6.96. The van der Waals surface area contributed by atoms with Crippen molar-refractivity contribution in [1.29, 1.82) is 0 Å². The lowest BCUT2D eigenvalue weighted by Crippen LogP contribution is -2.21. The van der Waals surface area contributed by atoms with Crippen molar-refractivity contribution in [3.8, 4) is 0 Å². The minimum Gasteiger partial charge on any atom is -0.379 e. The number of aliphatic hydroxyl groups is 1. The summed E-state index contributed by atoms with van der Waals surface area (Å²) < 4.78 is 93.2. The first-order chi connectivity index (χ1) is 12.2. The van der Waals surface area contributed by atoms with E-state index in [0.717, 1.165) is 0 Å². The molecule has 0 bridgehead atoms. The maximum absolute atomic E-state index is 11.9. The fourth-order valence-electron chi connectivity index (χ4n) is 1.36. The van der Waals surface area contributed by atoms with Crippen LogP contribution in [-0.2, 0) is 10.1 Å². The van der Waals surface area contributed by atoms with E-state index in [4.69, 9.17) is 18.1 Å². The molecule has 4 nitrogen and oxygen atoms in total. The van der Waals surface area contributed by atoms with E-state index in [0.29, 0.717) is 0 Å². The maximum atomic E-state index is 11.9. The Hall–Kier alpha value is -2.11. The van der Waals surface area contributed by atoms with E-state index in [2.05, 4.69) is 19.1 Å². The summed E-state index contributed by atoms with van der Waals surface area (Å²) in [5.41, 5.74) is -4.35. The highest BCUT2D eigenvalue weighted by molar-refractivity contribution is 7.86. The van der Waals surface area contributed by atoms with Crippen molar-refractivity contribution in [3.05, 3.63) is 71.8 Å².